The smallest absolute Gasteiger partial charge is 0.245 e. The lowest BCUT2D eigenvalue weighted by molar-refractivity contribution is 0.322. The molecule has 6 nitrogen and oxygen atoms in total. The second kappa shape index (κ2) is 3.66. The predicted octanol–water partition coefficient (Wildman–Crippen LogP) is 0.618. The summed E-state index contributed by atoms with van der Waals surface area (Å²) in [6.45, 7) is 0. The number of rotatable bonds is 1. The van der Waals surface area contributed by atoms with Crippen LogP contribution in [0, 0.1) is 0 Å². The van der Waals surface area contributed by atoms with Gasteiger partial charge >= 0.3 is 0 Å². The molecule has 0 aliphatic rings. The van der Waals surface area contributed by atoms with E-state index in [0.29, 0.717) is 0 Å². The summed E-state index contributed by atoms with van der Waals surface area (Å²) in [4.78, 5) is 14.4. The van der Waals surface area contributed by atoms with Gasteiger partial charge in [0.15, 0.2) is 5.15 Å². The number of aliphatic imine (C=N–C) groups is 1. The molecule has 7 heteroatoms. The van der Waals surface area contributed by atoms with E-state index in [4.69, 9.17) is 16.8 Å². The summed E-state index contributed by atoms with van der Waals surface area (Å²) in [6.07, 6.45) is 1.21. The van der Waals surface area contributed by atoms with Gasteiger partial charge in [0.05, 0.1) is 6.20 Å². The largest absolute Gasteiger partial charge is 0.403 e. The lowest BCUT2D eigenvalue weighted by Crippen LogP contribution is -2.03. The van der Waals surface area contributed by atoms with E-state index in [2.05, 4.69) is 20.3 Å². The first-order valence-corrected chi connectivity index (χ1v) is 3.17. The minimum atomic E-state index is -0.549. The number of nitrogens with one attached hydrogen (secondary N) is 1. The maximum atomic E-state index is 11.0. The molecule has 0 radical (unpaired) electrons. The molecule has 62 valence electrons. The predicted molar refractivity (Wildman–Crippen MR) is 41.2 cm³/mol. The van der Waals surface area contributed by atoms with Crippen molar-refractivity contribution in [2.45, 2.75) is 0 Å². The topological polar surface area (TPSA) is 90.7 Å². The van der Waals surface area contributed by atoms with E-state index < -0.39 is 5.43 Å². The van der Waals surface area contributed by atoms with Gasteiger partial charge in [-0.2, -0.15) is 10.1 Å². The van der Waals surface area contributed by atoms with Crippen molar-refractivity contribution in [3.05, 3.63) is 21.6 Å². The van der Waals surface area contributed by atoms with Gasteiger partial charge in [-0.05, 0) is 5.16 Å². The number of aromatic nitrogens is 2. The molecule has 0 atom stereocenters. The second-order valence-electron chi connectivity index (χ2n) is 1.70. The van der Waals surface area contributed by atoms with E-state index in [1.165, 1.54) is 6.20 Å². The molecule has 0 saturated carbocycles. The Morgan fingerprint density at radius 2 is 2.50 bits per heavy atom. The average molecular weight is 187 g/mol. The fraction of sp³-hybridized carbons (Fsp3) is 0. The van der Waals surface area contributed by atoms with Gasteiger partial charge in [-0.3, -0.25) is 9.89 Å². The molecule has 0 spiro atoms. The number of hydrogen-bond acceptors (Lipinski definition) is 5. The highest BCUT2D eigenvalue weighted by Crippen LogP contribution is 2.03. The Labute approximate surface area is 71.2 Å². The van der Waals surface area contributed by atoms with Crippen molar-refractivity contribution in [1.29, 1.82) is 0 Å². The molecule has 0 fully saturated rings. The molecule has 0 aliphatic heterocycles. The molecule has 0 unspecified atom stereocenters. The third-order valence-corrected chi connectivity index (χ3v) is 1.26. The normalized spacial score (nSPS) is 8.75. The molecule has 12 heavy (non-hydrogen) atoms. The summed E-state index contributed by atoms with van der Waals surface area (Å²) in [5.74, 6) is 0. The molecule has 1 aromatic rings. The zero-order valence-corrected chi connectivity index (χ0v) is 6.41. The number of aromatic amines is 1. The fourth-order valence-corrected chi connectivity index (χ4v) is 0.677. The quantitative estimate of drug-likeness (QED) is 0.383. The van der Waals surface area contributed by atoms with E-state index in [1.54, 1.807) is 0 Å². The Morgan fingerprint density at radius 1 is 1.75 bits per heavy atom. The number of hydrogen-bond donors (Lipinski definition) is 2. The van der Waals surface area contributed by atoms with Crippen LogP contribution in [0.5, 0.6) is 0 Å². The lowest BCUT2D eigenvalue weighted by Gasteiger charge is -1.88. The summed E-state index contributed by atoms with van der Waals surface area (Å²) in [5.41, 5.74) is -0.570. The standard InChI is InChI=1S/C5H3ClN4O2/c6-5-4(11)3(1-8-10-5)7-2-9-12/h1,12H,(H,8,11). The van der Waals surface area contributed by atoms with Crippen LogP contribution in [-0.4, -0.2) is 21.4 Å². The lowest BCUT2D eigenvalue weighted by atomic mass is 10.5. The third-order valence-electron chi connectivity index (χ3n) is 0.999. The van der Waals surface area contributed by atoms with Crippen LogP contribution in [0.4, 0.5) is 5.69 Å². The van der Waals surface area contributed by atoms with Gasteiger partial charge in [0.25, 0.3) is 0 Å². The van der Waals surface area contributed by atoms with Crippen molar-refractivity contribution in [1.82, 2.24) is 10.2 Å². The first kappa shape index (κ1) is 8.45. The van der Waals surface area contributed by atoms with Crippen molar-refractivity contribution in [2.24, 2.45) is 10.1 Å². The maximum absolute atomic E-state index is 11.0. The number of halogens is 1. The van der Waals surface area contributed by atoms with Crippen molar-refractivity contribution in [3.63, 3.8) is 0 Å². The molecule has 0 bridgehead atoms. The van der Waals surface area contributed by atoms with Crippen molar-refractivity contribution >= 4 is 23.3 Å². The van der Waals surface area contributed by atoms with E-state index in [0.717, 1.165) is 0 Å². The van der Waals surface area contributed by atoms with Gasteiger partial charge in [-0.1, -0.05) is 11.6 Å². The van der Waals surface area contributed by atoms with Crippen molar-refractivity contribution in [3.8, 4) is 0 Å². The van der Waals surface area contributed by atoms with Crippen molar-refractivity contribution < 1.29 is 5.21 Å². The van der Waals surface area contributed by atoms with Crippen LogP contribution in [0.3, 0.4) is 0 Å². The Hall–Kier alpha value is -1.65. The van der Waals surface area contributed by atoms with Crippen LogP contribution in [0.15, 0.2) is 21.1 Å². The van der Waals surface area contributed by atoms with Gasteiger partial charge in [0.2, 0.25) is 5.43 Å². The van der Waals surface area contributed by atoms with Gasteiger partial charge in [0.1, 0.15) is 11.7 Å². The summed E-state index contributed by atoms with van der Waals surface area (Å²) >= 11 is 5.36. The summed E-state index contributed by atoms with van der Waals surface area (Å²) in [7, 11) is 0. The van der Waals surface area contributed by atoms with Crippen LogP contribution >= 0.6 is 11.6 Å². The van der Waals surface area contributed by atoms with Gasteiger partial charge in [-0.15, -0.1) is 0 Å². The van der Waals surface area contributed by atoms with Crippen LogP contribution in [0.2, 0.25) is 5.15 Å². The molecule has 1 rings (SSSR count). The molecular formula is C5H3ClN4O2. The van der Waals surface area contributed by atoms with E-state index in [1.807, 2.05) is 6.01 Å². The Bertz CT molecular complexity index is 393. The highest BCUT2D eigenvalue weighted by atomic mass is 35.5. The van der Waals surface area contributed by atoms with Gasteiger partial charge in [-0.25, -0.2) is 0 Å². The Balaban J connectivity index is 3.27. The van der Waals surface area contributed by atoms with Crippen LogP contribution in [-0.2, 0) is 0 Å². The molecule has 0 saturated heterocycles. The molecule has 1 heterocycles. The monoisotopic (exact) mass is 186 g/mol. The molecule has 1 aromatic heterocycles. The molecular weight excluding hydrogens is 184 g/mol. The third kappa shape index (κ3) is 1.69. The average Bonchev–Trinajstić information content (AvgIpc) is 2.08. The fourth-order valence-electron chi connectivity index (χ4n) is 0.531. The summed E-state index contributed by atoms with van der Waals surface area (Å²) in [5, 5.41) is 15.9. The molecule has 2 N–H and O–H groups in total. The van der Waals surface area contributed by atoms with E-state index in [9.17, 15) is 4.79 Å². The SMILES string of the molecule is O=c1c(N=C=NO)c[nH]nc1Cl. The summed E-state index contributed by atoms with van der Waals surface area (Å²) < 4.78 is 0. The number of nitrogens with zero attached hydrogens (tertiary/aromatic N) is 3. The molecule has 0 amide bonds. The van der Waals surface area contributed by atoms with E-state index in [-0.39, 0.29) is 10.8 Å². The zero-order valence-electron chi connectivity index (χ0n) is 5.65. The van der Waals surface area contributed by atoms with Gasteiger partial charge < -0.3 is 5.21 Å². The summed E-state index contributed by atoms with van der Waals surface area (Å²) in [6, 6.07) is 1.83. The second-order valence-corrected chi connectivity index (χ2v) is 2.06. The Kier molecular flexibility index (Phi) is 2.57. The molecule has 0 aromatic carbocycles. The highest BCUT2D eigenvalue weighted by molar-refractivity contribution is 6.29. The first-order chi connectivity index (χ1) is 5.75. The van der Waals surface area contributed by atoms with Crippen LogP contribution in [0.25, 0.3) is 0 Å². The minimum Gasteiger partial charge on any atom is -0.403 e. The van der Waals surface area contributed by atoms with Gasteiger partial charge in [0, 0.05) is 0 Å². The maximum Gasteiger partial charge on any atom is 0.245 e. The van der Waals surface area contributed by atoms with Crippen LogP contribution < -0.4 is 5.43 Å². The molecule has 0 aliphatic carbocycles. The zero-order chi connectivity index (χ0) is 8.97. The minimum absolute atomic E-state index is 0.0206. The van der Waals surface area contributed by atoms with E-state index >= 15 is 0 Å². The Morgan fingerprint density at radius 3 is 3.17 bits per heavy atom. The first-order valence-electron chi connectivity index (χ1n) is 2.79. The highest BCUT2D eigenvalue weighted by Gasteiger charge is 2.01. The van der Waals surface area contributed by atoms with Crippen LogP contribution in [0.1, 0.15) is 0 Å². The number of H-pyrrole nitrogens is 1. The van der Waals surface area contributed by atoms with Crippen molar-refractivity contribution in [2.75, 3.05) is 0 Å².